The Bertz CT molecular complexity index is 859. The molecule has 0 bridgehead atoms. The number of hydrogen-bond acceptors (Lipinski definition) is 8. The number of aliphatic imine (C=N–C) groups is 1. The lowest BCUT2D eigenvalue weighted by atomic mass is 10.0. The third kappa shape index (κ3) is 14.3. The van der Waals surface area contributed by atoms with E-state index in [9.17, 15) is 33.9 Å². The number of nitrogens with one attached hydrogen (secondary N) is 3. The zero-order valence-electron chi connectivity index (χ0n) is 20.9. The van der Waals surface area contributed by atoms with E-state index >= 15 is 0 Å². The minimum atomic E-state index is -1.34. The summed E-state index contributed by atoms with van der Waals surface area (Å²) in [5, 5.41) is 25.3. The fourth-order valence-electron chi connectivity index (χ4n) is 3.06. The van der Waals surface area contributed by atoms with Gasteiger partial charge in [-0.05, 0) is 31.6 Å². The Kier molecular flexibility index (Phi) is 14.9. The largest absolute Gasteiger partial charge is 0.481 e. The molecule has 16 nitrogen and oxygen atoms in total. The van der Waals surface area contributed by atoms with Crippen molar-refractivity contribution in [1.29, 1.82) is 0 Å². The Balaban J connectivity index is 5.67. The summed E-state index contributed by atoms with van der Waals surface area (Å²) in [6.07, 6.45) is -0.872. The summed E-state index contributed by atoms with van der Waals surface area (Å²) < 4.78 is 0. The fourth-order valence-corrected chi connectivity index (χ4v) is 3.06. The zero-order chi connectivity index (χ0) is 28.7. The lowest BCUT2D eigenvalue weighted by Crippen LogP contribution is -2.57. The molecule has 4 atom stereocenters. The van der Waals surface area contributed by atoms with Gasteiger partial charge in [0.05, 0.1) is 6.04 Å². The van der Waals surface area contributed by atoms with Crippen molar-refractivity contribution in [3.8, 4) is 0 Å². The van der Waals surface area contributed by atoms with Gasteiger partial charge >= 0.3 is 11.9 Å². The Morgan fingerprint density at radius 1 is 0.784 bits per heavy atom. The van der Waals surface area contributed by atoms with E-state index in [2.05, 4.69) is 20.9 Å². The van der Waals surface area contributed by atoms with Crippen LogP contribution in [-0.2, 0) is 28.8 Å². The highest BCUT2D eigenvalue weighted by Gasteiger charge is 2.31. The lowest BCUT2D eigenvalue weighted by molar-refractivity contribution is -0.143. The number of guanidine groups is 1. The third-order valence-electron chi connectivity index (χ3n) is 5.13. The van der Waals surface area contributed by atoms with E-state index < -0.39 is 65.7 Å². The van der Waals surface area contributed by atoms with Crippen LogP contribution in [0.25, 0.3) is 0 Å². The summed E-state index contributed by atoms with van der Waals surface area (Å²) in [4.78, 5) is 75.6. The maximum atomic E-state index is 13.0. The molecule has 4 unspecified atom stereocenters. The first-order valence-electron chi connectivity index (χ1n) is 11.6. The summed E-state index contributed by atoms with van der Waals surface area (Å²) in [6.45, 7) is 3.30. The number of carboxylic acids is 2. The van der Waals surface area contributed by atoms with Crippen LogP contribution in [0.15, 0.2) is 4.99 Å². The molecule has 0 rings (SSSR count). The zero-order valence-corrected chi connectivity index (χ0v) is 20.9. The molecule has 0 saturated carbocycles. The van der Waals surface area contributed by atoms with Gasteiger partial charge in [-0.15, -0.1) is 0 Å². The van der Waals surface area contributed by atoms with Crippen LogP contribution < -0.4 is 38.9 Å². The lowest BCUT2D eigenvalue weighted by Gasteiger charge is -2.26. The first kappa shape index (κ1) is 33.0. The van der Waals surface area contributed by atoms with Crippen molar-refractivity contribution in [2.75, 3.05) is 6.54 Å². The Morgan fingerprint density at radius 2 is 1.32 bits per heavy atom. The summed E-state index contributed by atoms with van der Waals surface area (Å²) in [6, 6.07) is -5.07. The van der Waals surface area contributed by atoms with Gasteiger partial charge in [-0.3, -0.25) is 29.0 Å². The normalized spacial score (nSPS) is 13.9. The van der Waals surface area contributed by atoms with E-state index in [4.69, 9.17) is 28.0 Å². The molecule has 0 spiro atoms. The molecule has 210 valence electrons. The van der Waals surface area contributed by atoms with Crippen molar-refractivity contribution in [1.82, 2.24) is 16.0 Å². The molecule has 0 fully saturated rings. The van der Waals surface area contributed by atoms with Crippen LogP contribution in [0.1, 0.15) is 52.4 Å². The molecular weight excluding hydrogens is 492 g/mol. The standard InChI is InChI=1S/C21H38N8O8/c1-10(2)16(20(36)37)29-19(35)12(4-3-9-26-21(24)25)28-18(34)13(6-7-14(23)30)27-17(33)11(22)5-8-15(31)32/h10-13,16H,3-9,22H2,1-2H3,(H2,23,30)(H,27,33)(H,28,34)(H,29,35)(H,31,32)(H,36,37)(H4,24,25,26). The van der Waals surface area contributed by atoms with Gasteiger partial charge in [0.2, 0.25) is 23.6 Å². The van der Waals surface area contributed by atoms with Crippen molar-refractivity contribution in [2.45, 2.75) is 76.5 Å². The molecule has 13 N–H and O–H groups in total. The predicted molar refractivity (Wildman–Crippen MR) is 131 cm³/mol. The van der Waals surface area contributed by atoms with Gasteiger partial charge in [-0.2, -0.15) is 0 Å². The molecule has 4 amide bonds. The van der Waals surface area contributed by atoms with Gasteiger partial charge in [-0.1, -0.05) is 13.8 Å². The van der Waals surface area contributed by atoms with Crippen molar-refractivity contribution in [3.63, 3.8) is 0 Å². The highest BCUT2D eigenvalue weighted by Crippen LogP contribution is 2.07. The van der Waals surface area contributed by atoms with Crippen LogP contribution >= 0.6 is 0 Å². The molecular formula is C21H38N8O8. The van der Waals surface area contributed by atoms with E-state index in [1.165, 1.54) is 0 Å². The van der Waals surface area contributed by atoms with Crippen LogP contribution in [0.4, 0.5) is 0 Å². The summed E-state index contributed by atoms with van der Waals surface area (Å²) >= 11 is 0. The van der Waals surface area contributed by atoms with Crippen LogP contribution in [0.5, 0.6) is 0 Å². The van der Waals surface area contributed by atoms with E-state index in [0.29, 0.717) is 0 Å². The molecule has 0 radical (unpaired) electrons. The number of nitrogens with zero attached hydrogens (tertiary/aromatic N) is 1. The maximum absolute atomic E-state index is 13.0. The third-order valence-corrected chi connectivity index (χ3v) is 5.13. The minimum Gasteiger partial charge on any atom is -0.481 e. The first-order chi connectivity index (χ1) is 17.1. The van der Waals surface area contributed by atoms with Gasteiger partial charge in [0, 0.05) is 19.4 Å². The molecule has 0 aromatic heterocycles. The SMILES string of the molecule is CC(C)C(NC(=O)C(CCCN=C(N)N)NC(=O)C(CCC(N)=O)NC(=O)C(N)CCC(=O)O)C(=O)O. The van der Waals surface area contributed by atoms with Crippen molar-refractivity contribution < 1.29 is 39.0 Å². The van der Waals surface area contributed by atoms with Crippen molar-refractivity contribution >= 4 is 41.5 Å². The second-order valence-electron chi connectivity index (χ2n) is 8.68. The highest BCUT2D eigenvalue weighted by molar-refractivity contribution is 5.94. The summed E-state index contributed by atoms with van der Waals surface area (Å²) in [7, 11) is 0. The summed E-state index contributed by atoms with van der Waals surface area (Å²) in [5.74, 6) is -6.33. The molecule has 0 aromatic carbocycles. The van der Waals surface area contributed by atoms with Gasteiger partial charge < -0.3 is 49.1 Å². The monoisotopic (exact) mass is 530 g/mol. The Morgan fingerprint density at radius 3 is 1.81 bits per heavy atom. The van der Waals surface area contributed by atoms with Gasteiger partial charge in [-0.25, -0.2) is 4.79 Å². The average molecular weight is 531 g/mol. The quantitative estimate of drug-likeness (QED) is 0.0480. The molecule has 0 aromatic rings. The van der Waals surface area contributed by atoms with E-state index in [1.54, 1.807) is 13.8 Å². The number of carboxylic acid groups (broad SMARTS) is 2. The molecule has 0 aliphatic heterocycles. The number of carbonyl (C=O) groups excluding carboxylic acids is 4. The highest BCUT2D eigenvalue weighted by atomic mass is 16.4. The number of hydrogen-bond donors (Lipinski definition) is 9. The number of rotatable bonds is 18. The van der Waals surface area contributed by atoms with Crippen molar-refractivity contribution in [3.05, 3.63) is 0 Å². The number of nitrogens with two attached hydrogens (primary N) is 4. The van der Waals surface area contributed by atoms with Crippen molar-refractivity contribution in [2.24, 2.45) is 33.8 Å². The van der Waals surface area contributed by atoms with Crippen LogP contribution in [0.2, 0.25) is 0 Å². The molecule has 0 heterocycles. The van der Waals surface area contributed by atoms with Gasteiger partial charge in [0.25, 0.3) is 0 Å². The number of aliphatic carboxylic acids is 2. The molecule has 16 heteroatoms. The molecule has 0 aliphatic carbocycles. The maximum Gasteiger partial charge on any atom is 0.326 e. The van der Waals surface area contributed by atoms with E-state index in [0.717, 1.165) is 0 Å². The molecule has 37 heavy (non-hydrogen) atoms. The topological polar surface area (TPSA) is 295 Å². The minimum absolute atomic E-state index is 0.00734. The second-order valence-corrected chi connectivity index (χ2v) is 8.68. The summed E-state index contributed by atoms with van der Waals surface area (Å²) in [5.41, 5.74) is 21.4. The molecule has 0 aliphatic rings. The Hall–Kier alpha value is -3.95. The fraction of sp³-hybridized carbons (Fsp3) is 0.667. The van der Waals surface area contributed by atoms with Crippen LogP contribution in [0.3, 0.4) is 0 Å². The van der Waals surface area contributed by atoms with E-state index in [-0.39, 0.29) is 51.0 Å². The van der Waals surface area contributed by atoms with Gasteiger partial charge in [0.1, 0.15) is 18.1 Å². The predicted octanol–water partition coefficient (Wildman–Crippen LogP) is -3.31. The van der Waals surface area contributed by atoms with Crippen LogP contribution in [0, 0.1) is 5.92 Å². The van der Waals surface area contributed by atoms with Crippen LogP contribution in [-0.4, -0.2) is 82.5 Å². The number of primary amides is 1. The average Bonchev–Trinajstić information content (AvgIpc) is 2.78. The van der Waals surface area contributed by atoms with E-state index in [1.807, 2.05) is 0 Å². The number of carbonyl (C=O) groups is 6. The van der Waals surface area contributed by atoms with Gasteiger partial charge in [0.15, 0.2) is 5.96 Å². The molecule has 0 saturated heterocycles. The Labute approximate surface area is 214 Å². The number of amides is 4. The first-order valence-corrected chi connectivity index (χ1v) is 11.6. The second kappa shape index (κ2) is 16.7. The smallest absolute Gasteiger partial charge is 0.326 e.